The number of anilines is 3. The Hall–Kier alpha value is -4.09. The van der Waals surface area contributed by atoms with Crippen LogP contribution in [0.25, 0.3) is 10.9 Å². The third kappa shape index (κ3) is 5.82. The van der Waals surface area contributed by atoms with Gasteiger partial charge in [0.2, 0.25) is 5.91 Å². The van der Waals surface area contributed by atoms with Crippen molar-refractivity contribution in [2.24, 2.45) is 0 Å². The summed E-state index contributed by atoms with van der Waals surface area (Å²) in [7, 11) is 5.47. The summed E-state index contributed by atoms with van der Waals surface area (Å²) in [6.07, 6.45) is 3.27. The summed E-state index contributed by atoms with van der Waals surface area (Å²) in [4.78, 5) is 19.1. The van der Waals surface area contributed by atoms with Crippen LogP contribution in [0, 0.1) is 18.3 Å². The molecule has 176 valence electrons. The van der Waals surface area contributed by atoms with Crippen LogP contribution in [-0.2, 0) is 4.79 Å². The molecular weight excluding hydrogens is 430 g/mol. The number of nitrogens with zero attached hydrogens (tertiary/aromatic N) is 3. The maximum absolute atomic E-state index is 12.5. The highest BCUT2D eigenvalue weighted by Crippen LogP contribution is 2.37. The molecule has 3 aromatic rings. The van der Waals surface area contributed by atoms with Gasteiger partial charge in [-0.1, -0.05) is 6.08 Å². The number of aryl methyl sites for hydroxylation is 1. The van der Waals surface area contributed by atoms with Gasteiger partial charge in [-0.2, -0.15) is 5.26 Å². The van der Waals surface area contributed by atoms with E-state index in [0.717, 1.165) is 11.4 Å². The van der Waals surface area contributed by atoms with Gasteiger partial charge in [0.25, 0.3) is 0 Å². The second-order valence-electron chi connectivity index (χ2n) is 7.86. The van der Waals surface area contributed by atoms with Gasteiger partial charge in [-0.05, 0) is 58.3 Å². The van der Waals surface area contributed by atoms with E-state index in [-0.39, 0.29) is 5.91 Å². The molecule has 1 heterocycles. The number of pyridine rings is 1. The van der Waals surface area contributed by atoms with Crippen LogP contribution in [0.15, 0.2) is 48.6 Å². The third-order valence-corrected chi connectivity index (χ3v) is 5.04. The highest BCUT2D eigenvalue weighted by Gasteiger charge is 2.17. The Morgan fingerprint density at radius 1 is 1.24 bits per heavy atom. The Morgan fingerprint density at radius 3 is 2.59 bits per heavy atom. The van der Waals surface area contributed by atoms with Crippen molar-refractivity contribution in [1.29, 1.82) is 5.26 Å². The highest BCUT2D eigenvalue weighted by atomic mass is 16.5. The molecule has 0 aliphatic rings. The number of carbonyl (C=O) groups excluding carboxylic acids is 1. The number of fused-ring (bicyclic) bond motifs is 1. The molecule has 0 saturated carbocycles. The summed E-state index contributed by atoms with van der Waals surface area (Å²) in [6.45, 7) is 4.74. The van der Waals surface area contributed by atoms with Gasteiger partial charge >= 0.3 is 0 Å². The van der Waals surface area contributed by atoms with E-state index in [1.807, 2.05) is 50.2 Å². The second kappa shape index (κ2) is 11.2. The summed E-state index contributed by atoms with van der Waals surface area (Å²) >= 11 is 0. The number of aromatic nitrogens is 1. The molecule has 0 radical (unpaired) electrons. The predicted molar refractivity (Wildman–Crippen MR) is 135 cm³/mol. The minimum atomic E-state index is -0.271. The van der Waals surface area contributed by atoms with Crippen molar-refractivity contribution < 1.29 is 14.3 Å². The van der Waals surface area contributed by atoms with Gasteiger partial charge in [0.15, 0.2) is 0 Å². The number of likely N-dealkylation sites (N-methyl/N-ethyl adjacent to an activating group) is 1. The molecule has 2 aromatic carbocycles. The zero-order valence-electron chi connectivity index (χ0n) is 20.1. The van der Waals surface area contributed by atoms with E-state index in [1.165, 1.54) is 6.08 Å². The summed E-state index contributed by atoms with van der Waals surface area (Å²) in [5.74, 6) is 0.972. The Bertz CT molecular complexity index is 1240. The molecule has 0 bridgehead atoms. The van der Waals surface area contributed by atoms with Crippen molar-refractivity contribution in [1.82, 2.24) is 9.88 Å². The number of nitriles is 1. The molecule has 8 heteroatoms. The van der Waals surface area contributed by atoms with Crippen LogP contribution < -0.4 is 20.1 Å². The first-order chi connectivity index (χ1) is 16.4. The molecule has 0 fully saturated rings. The molecule has 0 aliphatic carbocycles. The summed E-state index contributed by atoms with van der Waals surface area (Å²) in [6, 6.07) is 13.2. The highest BCUT2D eigenvalue weighted by molar-refractivity contribution is 6.05. The Labute approximate surface area is 199 Å². The van der Waals surface area contributed by atoms with Gasteiger partial charge in [0, 0.05) is 29.8 Å². The standard InChI is InChI=1S/C26H29N5O3/c1-6-34-24-15-22-20(14-23(24)30-25(32)8-7-13-31(3)4)26(21(16-27)17(2)28-22)29-18-9-11-19(33-5)12-10-18/h7-12,14-15H,6,13H2,1-5H3,(H,28,29)(H,30,32)/b8-7+. The smallest absolute Gasteiger partial charge is 0.248 e. The number of methoxy groups -OCH3 is 1. The first kappa shape index (κ1) is 24.6. The van der Waals surface area contributed by atoms with Crippen molar-refractivity contribution in [2.75, 3.05) is 45.0 Å². The van der Waals surface area contributed by atoms with Crippen LogP contribution in [0.1, 0.15) is 18.2 Å². The number of carbonyl (C=O) groups is 1. The Morgan fingerprint density at radius 2 is 1.97 bits per heavy atom. The number of ether oxygens (including phenoxy) is 2. The van der Waals surface area contributed by atoms with Crippen molar-refractivity contribution in [3.05, 3.63) is 59.8 Å². The lowest BCUT2D eigenvalue weighted by Gasteiger charge is -2.17. The average molecular weight is 460 g/mol. The van der Waals surface area contributed by atoms with Crippen LogP contribution in [0.5, 0.6) is 11.5 Å². The molecule has 2 N–H and O–H groups in total. The Kier molecular flexibility index (Phi) is 8.06. The predicted octanol–water partition coefficient (Wildman–Crippen LogP) is 4.62. The summed E-state index contributed by atoms with van der Waals surface area (Å²) in [5.41, 5.74) is 3.57. The van der Waals surface area contributed by atoms with Gasteiger partial charge < -0.3 is 25.0 Å². The number of rotatable bonds is 9. The monoisotopic (exact) mass is 459 g/mol. The SMILES string of the molecule is CCOc1cc2nc(C)c(C#N)c(Nc3ccc(OC)cc3)c2cc1NC(=O)/C=C/CN(C)C. The molecule has 0 unspecified atom stereocenters. The van der Waals surface area contributed by atoms with Gasteiger partial charge in [0.1, 0.15) is 17.6 Å². The third-order valence-electron chi connectivity index (χ3n) is 5.04. The van der Waals surface area contributed by atoms with Crippen molar-refractivity contribution in [3.63, 3.8) is 0 Å². The molecular formula is C26H29N5O3. The molecule has 0 spiro atoms. The molecule has 1 aromatic heterocycles. The minimum absolute atomic E-state index is 0.271. The van der Waals surface area contributed by atoms with Crippen LogP contribution in [0.3, 0.4) is 0 Å². The zero-order valence-corrected chi connectivity index (χ0v) is 20.1. The molecule has 3 rings (SSSR count). The lowest BCUT2D eigenvalue weighted by Crippen LogP contribution is -2.13. The second-order valence-corrected chi connectivity index (χ2v) is 7.86. The van der Waals surface area contributed by atoms with Crippen molar-refractivity contribution in [3.8, 4) is 17.6 Å². The van der Waals surface area contributed by atoms with E-state index < -0.39 is 0 Å². The van der Waals surface area contributed by atoms with E-state index in [4.69, 9.17) is 9.47 Å². The molecule has 1 amide bonds. The van der Waals surface area contributed by atoms with E-state index in [9.17, 15) is 10.1 Å². The maximum Gasteiger partial charge on any atom is 0.248 e. The normalized spacial score (nSPS) is 11.0. The van der Waals surface area contributed by atoms with Crippen LogP contribution in [-0.4, -0.2) is 50.1 Å². The van der Waals surface area contributed by atoms with Crippen molar-refractivity contribution >= 4 is 33.9 Å². The molecule has 0 aliphatic heterocycles. The van der Waals surface area contributed by atoms with E-state index in [0.29, 0.717) is 52.4 Å². The van der Waals surface area contributed by atoms with Gasteiger partial charge in [-0.15, -0.1) is 0 Å². The van der Waals surface area contributed by atoms with Gasteiger partial charge in [-0.25, -0.2) is 0 Å². The minimum Gasteiger partial charge on any atom is -0.497 e. The largest absolute Gasteiger partial charge is 0.497 e. The fraction of sp³-hybridized carbons (Fsp3) is 0.269. The number of hydrogen-bond acceptors (Lipinski definition) is 7. The summed E-state index contributed by atoms with van der Waals surface area (Å²) < 4.78 is 11.0. The number of nitrogens with one attached hydrogen (secondary N) is 2. The lowest BCUT2D eigenvalue weighted by molar-refractivity contribution is -0.111. The lowest BCUT2D eigenvalue weighted by atomic mass is 10.0. The van der Waals surface area contributed by atoms with E-state index in [1.54, 1.807) is 32.2 Å². The molecule has 0 atom stereocenters. The summed E-state index contributed by atoms with van der Waals surface area (Å²) in [5, 5.41) is 16.8. The fourth-order valence-electron chi connectivity index (χ4n) is 3.42. The first-order valence-corrected chi connectivity index (χ1v) is 10.9. The molecule has 34 heavy (non-hydrogen) atoms. The van der Waals surface area contributed by atoms with Gasteiger partial charge in [0.05, 0.1) is 41.9 Å². The van der Waals surface area contributed by atoms with Crippen LogP contribution in [0.2, 0.25) is 0 Å². The molecule has 0 saturated heterocycles. The number of hydrogen-bond donors (Lipinski definition) is 2. The maximum atomic E-state index is 12.5. The quantitative estimate of drug-likeness (QED) is 0.450. The Balaban J connectivity index is 2.09. The zero-order chi connectivity index (χ0) is 24.7. The van der Waals surface area contributed by atoms with Crippen molar-refractivity contribution in [2.45, 2.75) is 13.8 Å². The first-order valence-electron chi connectivity index (χ1n) is 10.9. The average Bonchev–Trinajstić information content (AvgIpc) is 2.80. The van der Waals surface area contributed by atoms with Gasteiger partial charge in [-0.3, -0.25) is 9.78 Å². The molecule has 8 nitrogen and oxygen atoms in total. The number of amides is 1. The fourth-order valence-corrected chi connectivity index (χ4v) is 3.42. The topological polar surface area (TPSA) is 99.5 Å². The van der Waals surface area contributed by atoms with Crippen LogP contribution >= 0.6 is 0 Å². The van der Waals surface area contributed by atoms with E-state index >= 15 is 0 Å². The van der Waals surface area contributed by atoms with Crippen LogP contribution in [0.4, 0.5) is 17.1 Å². The van der Waals surface area contributed by atoms with E-state index in [2.05, 4.69) is 21.7 Å². The number of benzene rings is 2.